The molecule has 1 heterocycles. The fraction of sp³-hybridized carbons (Fsp3) is 0.625. The van der Waals surface area contributed by atoms with Gasteiger partial charge in [0.2, 0.25) is 0 Å². The molecule has 3 nitrogen and oxygen atoms in total. The van der Waals surface area contributed by atoms with E-state index in [1.165, 1.54) is 5.56 Å². The van der Waals surface area contributed by atoms with Crippen LogP contribution in [-0.2, 0) is 9.31 Å². The van der Waals surface area contributed by atoms with Gasteiger partial charge in [-0.25, -0.2) is 0 Å². The molecule has 20 heavy (non-hydrogen) atoms. The Morgan fingerprint density at radius 1 is 1.05 bits per heavy atom. The molecule has 0 N–H and O–H groups in total. The Balaban J connectivity index is 2.34. The summed E-state index contributed by atoms with van der Waals surface area (Å²) in [7, 11) is 1.39. The predicted octanol–water partition coefficient (Wildman–Crippen LogP) is 3.12. The summed E-state index contributed by atoms with van der Waals surface area (Å²) in [5.41, 5.74) is 1.61. The molecule has 1 aromatic carbocycles. The van der Waals surface area contributed by atoms with Crippen LogP contribution in [0.15, 0.2) is 18.2 Å². The van der Waals surface area contributed by atoms with Gasteiger partial charge in [0.1, 0.15) is 5.75 Å². The van der Waals surface area contributed by atoms with E-state index in [1.807, 2.05) is 12.1 Å². The molecule has 0 aromatic heterocycles. The molecule has 0 unspecified atom stereocenters. The van der Waals surface area contributed by atoms with Gasteiger partial charge < -0.3 is 14.0 Å². The average molecular weight is 276 g/mol. The molecule has 110 valence electrons. The Bertz CT molecular complexity index is 478. The van der Waals surface area contributed by atoms with E-state index in [0.29, 0.717) is 5.92 Å². The minimum absolute atomic E-state index is 0.310. The van der Waals surface area contributed by atoms with Gasteiger partial charge in [0.05, 0.1) is 18.3 Å². The maximum absolute atomic E-state index is 6.10. The van der Waals surface area contributed by atoms with Gasteiger partial charge in [-0.1, -0.05) is 26.0 Å². The second-order valence-corrected chi connectivity index (χ2v) is 6.74. The quantitative estimate of drug-likeness (QED) is 0.794. The highest BCUT2D eigenvalue weighted by Crippen LogP contribution is 2.37. The Kier molecular flexibility index (Phi) is 3.91. The molecule has 1 fully saturated rings. The van der Waals surface area contributed by atoms with Crippen LogP contribution in [0.2, 0.25) is 0 Å². The summed E-state index contributed by atoms with van der Waals surface area (Å²) in [6.07, 6.45) is 0. The normalized spacial score (nSPS) is 20.5. The van der Waals surface area contributed by atoms with Crippen LogP contribution in [0.3, 0.4) is 0 Å². The average Bonchev–Trinajstić information content (AvgIpc) is 2.57. The fourth-order valence-corrected chi connectivity index (χ4v) is 2.33. The largest absolute Gasteiger partial charge is 0.496 e. The molecule has 0 saturated carbocycles. The molecule has 0 aliphatic carbocycles. The topological polar surface area (TPSA) is 27.7 Å². The Hall–Kier alpha value is -0.995. The van der Waals surface area contributed by atoms with Crippen LogP contribution in [-0.4, -0.2) is 25.4 Å². The number of methoxy groups -OCH3 is 1. The number of hydrogen-bond acceptors (Lipinski definition) is 3. The van der Waals surface area contributed by atoms with Crippen molar-refractivity contribution >= 4 is 12.6 Å². The first-order chi connectivity index (χ1) is 9.18. The van der Waals surface area contributed by atoms with Crippen molar-refractivity contribution in [2.45, 2.75) is 58.7 Å². The lowest BCUT2D eigenvalue weighted by atomic mass is 9.77. The Morgan fingerprint density at radius 3 is 2.05 bits per heavy atom. The zero-order chi connectivity index (χ0) is 15.1. The molecule has 1 aromatic rings. The van der Waals surface area contributed by atoms with Crippen molar-refractivity contribution in [2.75, 3.05) is 7.11 Å². The summed E-state index contributed by atoms with van der Waals surface area (Å²) in [4.78, 5) is 0. The van der Waals surface area contributed by atoms with Crippen LogP contribution in [0.1, 0.15) is 53.0 Å². The molecule has 0 spiro atoms. The second-order valence-electron chi connectivity index (χ2n) is 6.74. The van der Waals surface area contributed by atoms with E-state index in [1.54, 1.807) is 7.11 Å². The van der Waals surface area contributed by atoms with Gasteiger partial charge in [-0.05, 0) is 50.7 Å². The number of hydrogen-bond donors (Lipinski definition) is 0. The third-order valence-electron chi connectivity index (χ3n) is 4.40. The van der Waals surface area contributed by atoms with Crippen molar-refractivity contribution in [1.29, 1.82) is 0 Å². The van der Waals surface area contributed by atoms with Crippen molar-refractivity contribution in [3.8, 4) is 5.75 Å². The lowest BCUT2D eigenvalue weighted by molar-refractivity contribution is 0.00578. The van der Waals surface area contributed by atoms with Crippen LogP contribution < -0.4 is 10.2 Å². The van der Waals surface area contributed by atoms with Crippen molar-refractivity contribution in [3.63, 3.8) is 0 Å². The molecule has 1 aliphatic heterocycles. The molecule has 2 rings (SSSR count). The SMILES string of the molecule is COc1ccc(B2OC(C)(C)C(C)(C)O2)cc1C(C)C. The monoisotopic (exact) mass is 276 g/mol. The van der Waals surface area contributed by atoms with Gasteiger partial charge in [0.25, 0.3) is 0 Å². The van der Waals surface area contributed by atoms with Crippen LogP contribution in [0.4, 0.5) is 0 Å². The van der Waals surface area contributed by atoms with Gasteiger partial charge in [-0.15, -0.1) is 0 Å². The summed E-state index contributed by atoms with van der Waals surface area (Å²) in [6, 6.07) is 6.15. The molecular weight excluding hydrogens is 251 g/mol. The molecule has 0 amide bonds. The number of rotatable bonds is 3. The van der Waals surface area contributed by atoms with Crippen LogP contribution >= 0.6 is 0 Å². The Morgan fingerprint density at radius 2 is 1.60 bits per heavy atom. The van der Waals surface area contributed by atoms with Crippen molar-refractivity contribution in [2.24, 2.45) is 0 Å². The van der Waals surface area contributed by atoms with Gasteiger partial charge >= 0.3 is 7.12 Å². The molecule has 0 atom stereocenters. The van der Waals surface area contributed by atoms with E-state index in [2.05, 4.69) is 47.6 Å². The maximum Gasteiger partial charge on any atom is 0.494 e. The highest BCUT2D eigenvalue weighted by atomic mass is 16.7. The fourth-order valence-electron chi connectivity index (χ4n) is 2.33. The second kappa shape index (κ2) is 5.08. The van der Waals surface area contributed by atoms with Gasteiger partial charge in [0.15, 0.2) is 0 Å². The lowest BCUT2D eigenvalue weighted by Gasteiger charge is -2.32. The predicted molar refractivity (Wildman–Crippen MR) is 82.8 cm³/mol. The van der Waals surface area contributed by atoms with Gasteiger partial charge in [-0.2, -0.15) is 0 Å². The third kappa shape index (κ3) is 2.59. The highest BCUT2D eigenvalue weighted by Gasteiger charge is 2.51. The maximum atomic E-state index is 6.10. The van der Waals surface area contributed by atoms with E-state index in [-0.39, 0.29) is 18.3 Å². The van der Waals surface area contributed by atoms with Gasteiger partial charge in [-0.3, -0.25) is 0 Å². The first-order valence-electron chi connectivity index (χ1n) is 7.21. The van der Waals surface area contributed by atoms with Crippen molar-refractivity contribution < 1.29 is 14.0 Å². The zero-order valence-corrected chi connectivity index (χ0v) is 13.6. The smallest absolute Gasteiger partial charge is 0.494 e. The summed E-state index contributed by atoms with van der Waals surface area (Å²) >= 11 is 0. The first-order valence-corrected chi connectivity index (χ1v) is 7.21. The molecule has 0 bridgehead atoms. The van der Waals surface area contributed by atoms with E-state index < -0.39 is 0 Å². The minimum Gasteiger partial charge on any atom is -0.496 e. The number of ether oxygens (including phenoxy) is 1. The zero-order valence-electron chi connectivity index (χ0n) is 13.6. The molecule has 0 radical (unpaired) electrons. The van der Waals surface area contributed by atoms with Crippen molar-refractivity contribution in [1.82, 2.24) is 0 Å². The van der Waals surface area contributed by atoms with Crippen LogP contribution in [0, 0.1) is 0 Å². The van der Waals surface area contributed by atoms with Crippen LogP contribution in [0.25, 0.3) is 0 Å². The minimum atomic E-state index is -0.316. The summed E-state index contributed by atoms with van der Waals surface area (Å²) in [5.74, 6) is 1.31. The third-order valence-corrected chi connectivity index (χ3v) is 4.40. The first kappa shape index (κ1) is 15.4. The standard InChI is InChI=1S/C16H25BO3/c1-11(2)13-10-12(8-9-14(13)18-7)17-19-15(3,4)16(5,6)20-17/h8-11H,1-7H3. The molecular formula is C16H25BO3. The van der Waals surface area contributed by atoms with E-state index in [4.69, 9.17) is 14.0 Å². The summed E-state index contributed by atoms with van der Waals surface area (Å²) in [5, 5.41) is 0. The van der Waals surface area contributed by atoms with E-state index >= 15 is 0 Å². The molecule has 1 saturated heterocycles. The van der Waals surface area contributed by atoms with Crippen LogP contribution in [0.5, 0.6) is 5.75 Å². The summed E-state index contributed by atoms with van der Waals surface area (Å²) in [6.45, 7) is 12.6. The Labute approximate surface area is 122 Å². The molecule has 1 aliphatic rings. The van der Waals surface area contributed by atoms with Crippen molar-refractivity contribution in [3.05, 3.63) is 23.8 Å². The van der Waals surface area contributed by atoms with E-state index in [9.17, 15) is 0 Å². The van der Waals surface area contributed by atoms with Gasteiger partial charge in [0, 0.05) is 0 Å². The molecule has 4 heteroatoms. The van der Waals surface area contributed by atoms with E-state index in [0.717, 1.165) is 11.2 Å². The number of benzene rings is 1. The summed E-state index contributed by atoms with van der Waals surface area (Å²) < 4.78 is 17.6. The lowest BCUT2D eigenvalue weighted by Crippen LogP contribution is -2.41. The highest BCUT2D eigenvalue weighted by molar-refractivity contribution is 6.62.